The van der Waals surface area contributed by atoms with Gasteiger partial charge in [-0.1, -0.05) is 12.1 Å². The van der Waals surface area contributed by atoms with Crippen LogP contribution in [-0.4, -0.2) is 24.7 Å². The number of pyridine rings is 2. The van der Waals surface area contributed by atoms with Crippen molar-refractivity contribution in [1.82, 2.24) is 19.7 Å². The van der Waals surface area contributed by atoms with Crippen LogP contribution in [0, 0.1) is 10.1 Å². The lowest BCUT2D eigenvalue weighted by atomic mass is 10.1. The lowest BCUT2D eigenvalue weighted by Gasteiger charge is -2.07. The van der Waals surface area contributed by atoms with Gasteiger partial charge in [-0.05, 0) is 24.3 Å². The summed E-state index contributed by atoms with van der Waals surface area (Å²) in [7, 11) is 1.85. The Kier molecular flexibility index (Phi) is 3.77. The fourth-order valence-corrected chi connectivity index (χ4v) is 2.68. The van der Waals surface area contributed by atoms with Crippen molar-refractivity contribution >= 4 is 28.2 Å². The summed E-state index contributed by atoms with van der Waals surface area (Å²) in [5.74, 6) is 0.511. The van der Waals surface area contributed by atoms with E-state index in [1.807, 2.05) is 25.4 Å². The largest absolute Gasteiger partial charge is 0.335 e. The molecule has 0 aliphatic heterocycles. The first-order chi connectivity index (χ1) is 12.6. The third-order valence-electron chi connectivity index (χ3n) is 3.94. The molecule has 1 aromatic carbocycles. The summed E-state index contributed by atoms with van der Waals surface area (Å²) in [6.45, 7) is 0. The zero-order valence-electron chi connectivity index (χ0n) is 13.8. The summed E-state index contributed by atoms with van der Waals surface area (Å²) in [5.41, 5.74) is 3.67. The highest BCUT2D eigenvalue weighted by molar-refractivity contribution is 5.82. The Labute approximate surface area is 148 Å². The number of rotatable bonds is 4. The predicted octanol–water partition coefficient (Wildman–Crippen LogP) is 3.68. The number of nitrogens with zero attached hydrogens (tertiary/aromatic N) is 5. The van der Waals surface area contributed by atoms with Gasteiger partial charge in [0.1, 0.15) is 11.5 Å². The molecule has 0 aliphatic carbocycles. The van der Waals surface area contributed by atoms with Gasteiger partial charge < -0.3 is 5.32 Å². The van der Waals surface area contributed by atoms with Crippen LogP contribution in [0.2, 0.25) is 0 Å². The molecular weight excluding hydrogens is 332 g/mol. The van der Waals surface area contributed by atoms with Crippen molar-refractivity contribution in [3.05, 3.63) is 71.2 Å². The van der Waals surface area contributed by atoms with Crippen LogP contribution in [0.4, 0.5) is 17.2 Å². The predicted molar refractivity (Wildman–Crippen MR) is 98.1 cm³/mol. The maximum absolute atomic E-state index is 11.2. The summed E-state index contributed by atoms with van der Waals surface area (Å²) in [6, 6.07) is 12.0. The molecule has 8 heteroatoms. The van der Waals surface area contributed by atoms with E-state index in [-0.39, 0.29) is 5.69 Å². The highest BCUT2D eigenvalue weighted by Gasteiger charge is 2.13. The van der Waals surface area contributed by atoms with Crippen molar-refractivity contribution in [1.29, 1.82) is 0 Å². The van der Waals surface area contributed by atoms with Gasteiger partial charge in [-0.2, -0.15) is 5.10 Å². The average Bonchev–Trinajstić information content (AvgIpc) is 3.08. The minimum Gasteiger partial charge on any atom is -0.335 e. The van der Waals surface area contributed by atoms with Gasteiger partial charge in [0.05, 0.1) is 22.2 Å². The van der Waals surface area contributed by atoms with E-state index in [1.54, 1.807) is 41.3 Å². The SMILES string of the molecule is Cn1cc(-c2cnc3ccc(Nc4ccccc4[N+](=O)[O-])nc3c2)cn1. The minimum absolute atomic E-state index is 0.00312. The van der Waals surface area contributed by atoms with Gasteiger partial charge in [-0.15, -0.1) is 0 Å². The molecule has 1 N–H and O–H groups in total. The summed E-state index contributed by atoms with van der Waals surface area (Å²) in [5, 5.41) is 18.3. The highest BCUT2D eigenvalue weighted by Crippen LogP contribution is 2.27. The zero-order chi connectivity index (χ0) is 18.1. The summed E-state index contributed by atoms with van der Waals surface area (Å²) in [6.07, 6.45) is 5.44. The number of aromatic nitrogens is 4. The number of para-hydroxylation sites is 2. The number of fused-ring (bicyclic) bond motifs is 1. The van der Waals surface area contributed by atoms with Crippen LogP contribution in [0.15, 0.2) is 61.1 Å². The third kappa shape index (κ3) is 2.95. The second-order valence-electron chi connectivity index (χ2n) is 5.76. The lowest BCUT2D eigenvalue weighted by Crippen LogP contribution is -1.98. The molecule has 0 radical (unpaired) electrons. The average molecular weight is 346 g/mol. The van der Waals surface area contributed by atoms with Crippen LogP contribution in [-0.2, 0) is 7.05 Å². The van der Waals surface area contributed by atoms with Crippen molar-refractivity contribution < 1.29 is 4.92 Å². The van der Waals surface area contributed by atoms with E-state index in [9.17, 15) is 10.1 Å². The number of nitrogens with one attached hydrogen (secondary N) is 1. The second kappa shape index (κ2) is 6.25. The molecule has 0 unspecified atom stereocenters. The number of anilines is 2. The molecule has 0 spiro atoms. The van der Waals surface area contributed by atoms with E-state index < -0.39 is 4.92 Å². The normalized spacial score (nSPS) is 10.8. The van der Waals surface area contributed by atoms with E-state index in [0.717, 1.165) is 16.6 Å². The Morgan fingerprint density at radius 2 is 1.92 bits per heavy atom. The van der Waals surface area contributed by atoms with E-state index in [0.29, 0.717) is 17.0 Å². The fraction of sp³-hybridized carbons (Fsp3) is 0.0556. The van der Waals surface area contributed by atoms with Gasteiger partial charge >= 0.3 is 0 Å². The number of hydrogen-bond donors (Lipinski definition) is 1. The van der Waals surface area contributed by atoms with E-state index in [4.69, 9.17) is 0 Å². The van der Waals surface area contributed by atoms with Gasteiger partial charge in [-0.3, -0.25) is 19.8 Å². The second-order valence-corrected chi connectivity index (χ2v) is 5.76. The molecule has 26 heavy (non-hydrogen) atoms. The fourth-order valence-electron chi connectivity index (χ4n) is 2.68. The van der Waals surface area contributed by atoms with Crippen molar-refractivity contribution in [2.75, 3.05) is 5.32 Å². The Bertz CT molecular complexity index is 1120. The number of nitro groups is 1. The Balaban J connectivity index is 1.72. The quantitative estimate of drug-likeness (QED) is 0.447. The summed E-state index contributed by atoms with van der Waals surface area (Å²) >= 11 is 0. The molecule has 0 amide bonds. The third-order valence-corrected chi connectivity index (χ3v) is 3.94. The lowest BCUT2D eigenvalue weighted by molar-refractivity contribution is -0.383. The Morgan fingerprint density at radius 3 is 2.69 bits per heavy atom. The van der Waals surface area contributed by atoms with Gasteiger partial charge in [0, 0.05) is 36.6 Å². The molecule has 128 valence electrons. The maximum Gasteiger partial charge on any atom is 0.292 e. The molecule has 0 fully saturated rings. The number of benzene rings is 1. The smallest absolute Gasteiger partial charge is 0.292 e. The molecule has 3 aromatic heterocycles. The summed E-state index contributed by atoms with van der Waals surface area (Å²) < 4.78 is 1.72. The number of hydrogen-bond acceptors (Lipinski definition) is 6. The van der Waals surface area contributed by atoms with Crippen LogP contribution in [0.5, 0.6) is 0 Å². The molecule has 0 bridgehead atoms. The van der Waals surface area contributed by atoms with E-state index in [2.05, 4.69) is 20.4 Å². The van der Waals surface area contributed by atoms with Crippen molar-refractivity contribution in [2.45, 2.75) is 0 Å². The highest BCUT2D eigenvalue weighted by atomic mass is 16.6. The molecule has 0 saturated carbocycles. The molecule has 8 nitrogen and oxygen atoms in total. The number of aryl methyl sites for hydroxylation is 1. The van der Waals surface area contributed by atoms with Crippen LogP contribution in [0.25, 0.3) is 22.2 Å². The molecule has 4 rings (SSSR count). The monoisotopic (exact) mass is 346 g/mol. The Morgan fingerprint density at radius 1 is 1.08 bits per heavy atom. The van der Waals surface area contributed by atoms with Crippen LogP contribution in [0.3, 0.4) is 0 Å². The maximum atomic E-state index is 11.2. The van der Waals surface area contributed by atoms with E-state index in [1.165, 1.54) is 6.07 Å². The molecule has 0 aliphatic rings. The van der Waals surface area contributed by atoms with Crippen LogP contribution >= 0.6 is 0 Å². The molecule has 0 saturated heterocycles. The van der Waals surface area contributed by atoms with Crippen LogP contribution < -0.4 is 5.32 Å². The molecule has 0 atom stereocenters. The minimum atomic E-state index is -0.425. The van der Waals surface area contributed by atoms with E-state index >= 15 is 0 Å². The standard InChI is InChI=1S/C18H14N6O2/c1-23-11-13(10-20-23)12-8-16-14(19-9-12)6-7-18(22-16)21-15-4-2-3-5-17(15)24(25)26/h2-11H,1H3,(H,21,22). The van der Waals surface area contributed by atoms with Crippen molar-refractivity contribution in [3.63, 3.8) is 0 Å². The number of nitro benzene ring substituents is 1. The first kappa shape index (κ1) is 15.7. The van der Waals surface area contributed by atoms with Crippen molar-refractivity contribution in [3.8, 4) is 11.1 Å². The Hall–Kier alpha value is -3.81. The first-order valence-electron chi connectivity index (χ1n) is 7.86. The van der Waals surface area contributed by atoms with Gasteiger partial charge in [0.25, 0.3) is 5.69 Å². The topological polar surface area (TPSA) is 98.8 Å². The molecule has 3 heterocycles. The van der Waals surface area contributed by atoms with Gasteiger partial charge in [0.15, 0.2) is 0 Å². The van der Waals surface area contributed by atoms with Gasteiger partial charge in [0.2, 0.25) is 0 Å². The van der Waals surface area contributed by atoms with Crippen molar-refractivity contribution in [2.24, 2.45) is 7.05 Å². The molecular formula is C18H14N6O2. The summed E-state index contributed by atoms with van der Waals surface area (Å²) in [4.78, 5) is 19.7. The first-order valence-corrected chi connectivity index (χ1v) is 7.86. The molecule has 4 aromatic rings. The zero-order valence-corrected chi connectivity index (χ0v) is 13.8. The van der Waals surface area contributed by atoms with Gasteiger partial charge in [-0.25, -0.2) is 4.98 Å². The van der Waals surface area contributed by atoms with Crippen LogP contribution in [0.1, 0.15) is 0 Å².